The van der Waals surface area contributed by atoms with Crippen LogP contribution in [0.4, 0.5) is 11.4 Å². The fraction of sp³-hybridized carbons (Fsp3) is 0.185. The van der Waals surface area contributed by atoms with Crippen molar-refractivity contribution in [2.75, 3.05) is 23.4 Å². The largest absolute Gasteiger partial charge is 0.492 e. The van der Waals surface area contributed by atoms with Crippen molar-refractivity contribution < 1.29 is 19.1 Å². The first-order chi connectivity index (χ1) is 17.5. The van der Waals surface area contributed by atoms with Crippen molar-refractivity contribution in [3.8, 4) is 33.5 Å². The van der Waals surface area contributed by atoms with E-state index in [-0.39, 0.29) is 18.4 Å². The molecule has 1 N–H and O–H groups in total. The molecule has 0 saturated heterocycles. The lowest BCUT2D eigenvalue weighted by Gasteiger charge is -2.33. The summed E-state index contributed by atoms with van der Waals surface area (Å²) in [6.45, 7) is 3.91. The third kappa shape index (κ3) is 4.65. The number of carbonyl (C=O) groups is 2. The summed E-state index contributed by atoms with van der Waals surface area (Å²) in [6, 6.07) is 17.7. The van der Waals surface area contributed by atoms with Gasteiger partial charge in [-0.25, -0.2) is 4.98 Å². The first-order valence-electron chi connectivity index (χ1n) is 11.5. The highest BCUT2D eigenvalue weighted by atomic mass is 32.1. The predicted molar refractivity (Wildman–Crippen MR) is 139 cm³/mol. The summed E-state index contributed by atoms with van der Waals surface area (Å²) in [5.41, 5.74) is 3.44. The normalized spacial score (nSPS) is 13.5. The molecule has 2 aromatic heterocycles. The second kappa shape index (κ2) is 10.2. The van der Waals surface area contributed by atoms with Crippen molar-refractivity contribution in [3.05, 3.63) is 72.2 Å². The van der Waals surface area contributed by atoms with Gasteiger partial charge in [-0.05, 0) is 56.3 Å². The number of amides is 2. The molecule has 1 atom stereocenters. The van der Waals surface area contributed by atoms with Gasteiger partial charge in [-0.3, -0.25) is 19.5 Å². The van der Waals surface area contributed by atoms with Crippen LogP contribution in [0.5, 0.6) is 11.5 Å². The number of pyridine rings is 1. The molecule has 182 valence electrons. The molecule has 1 aliphatic rings. The van der Waals surface area contributed by atoms with Gasteiger partial charge in [0.15, 0.2) is 6.61 Å². The maximum atomic E-state index is 13.2. The molecule has 5 rings (SSSR count). The number of fused-ring (bicyclic) bond motifs is 1. The van der Waals surface area contributed by atoms with Crippen molar-refractivity contribution in [2.45, 2.75) is 19.9 Å². The Balaban J connectivity index is 1.43. The maximum Gasteiger partial charge on any atom is 0.265 e. The van der Waals surface area contributed by atoms with Crippen molar-refractivity contribution >= 4 is 34.5 Å². The maximum absolute atomic E-state index is 13.2. The molecular formula is C27H24N4O4S. The van der Waals surface area contributed by atoms with Crippen LogP contribution in [0.1, 0.15) is 13.8 Å². The van der Waals surface area contributed by atoms with E-state index in [1.807, 2.05) is 54.8 Å². The predicted octanol–water partition coefficient (Wildman–Crippen LogP) is 5.02. The van der Waals surface area contributed by atoms with Gasteiger partial charge in [0.05, 0.1) is 29.4 Å². The molecule has 1 unspecified atom stereocenters. The molecular weight excluding hydrogens is 476 g/mol. The Kier molecular flexibility index (Phi) is 6.64. The van der Waals surface area contributed by atoms with E-state index in [4.69, 9.17) is 14.5 Å². The summed E-state index contributed by atoms with van der Waals surface area (Å²) in [7, 11) is 0. The number of nitrogens with one attached hydrogen (secondary N) is 1. The van der Waals surface area contributed by atoms with Crippen molar-refractivity contribution in [2.24, 2.45) is 0 Å². The summed E-state index contributed by atoms with van der Waals surface area (Å²) >= 11 is 1.49. The molecule has 3 heterocycles. The van der Waals surface area contributed by atoms with Crippen LogP contribution in [0.15, 0.2) is 72.2 Å². The minimum atomic E-state index is -0.787. The summed E-state index contributed by atoms with van der Waals surface area (Å²) in [4.78, 5) is 36.7. The molecule has 0 radical (unpaired) electrons. The number of aromatic nitrogens is 2. The third-order valence-corrected chi connectivity index (χ3v) is 6.60. The molecule has 4 aromatic rings. The Bertz CT molecular complexity index is 1410. The SMILES string of the molecule is CCOc1ccccc1NC(=O)C(C)N1C(=O)COc2ccc(-c3csc(-c4ccccn4)n3)cc21. The minimum absolute atomic E-state index is 0.139. The zero-order chi connectivity index (χ0) is 25.1. The van der Waals surface area contributed by atoms with Gasteiger partial charge in [-0.15, -0.1) is 11.3 Å². The first-order valence-corrected chi connectivity index (χ1v) is 12.4. The summed E-state index contributed by atoms with van der Waals surface area (Å²) in [5.74, 6) is 0.476. The number of carbonyl (C=O) groups excluding carboxylic acids is 2. The van der Waals surface area contributed by atoms with Gasteiger partial charge < -0.3 is 14.8 Å². The lowest BCUT2D eigenvalue weighted by molar-refractivity contribution is -0.125. The number of hydrogen-bond acceptors (Lipinski definition) is 7. The number of benzene rings is 2. The average molecular weight is 501 g/mol. The van der Waals surface area contributed by atoms with Crippen molar-refractivity contribution in [1.29, 1.82) is 0 Å². The van der Waals surface area contributed by atoms with Gasteiger partial charge in [0, 0.05) is 17.1 Å². The fourth-order valence-corrected chi connectivity index (χ4v) is 4.78. The Morgan fingerprint density at radius 2 is 2.00 bits per heavy atom. The van der Waals surface area contributed by atoms with Crippen LogP contribution in [0.25, 0.3) is 22.0 Å². The van der Waals surface area contributed by atoms with Gasteiger partial charge in [0.1, 0.15) is 22.5 Å². The Hall–Kier alpha value is -4.24. The number of rotatable bonds is 7. The van der Waals surface area contributed by atoms with Crippen molar-refractivity contribution in [3.63, 3.8) is 0 Å². The summed E-state index contributed by atoms with van der Waals surface area (Å²) in [5, 5.41) is 5.64. The molecule has 0 bridgehead atoms. The van der Waals surface area contributed by atoms with E-state index >= 15 is 0 Å². The van der Waals surface area contributed by atoms with E-state index in [9.17, 15) is 9.59 Å². The molecule has 0 saturated carbocycles. The van der Waals surface area contributed by atoms with Gasteiger partial charge in [0.2, 0.25) is 5.91 Å². The second-order valence-corrected chi connectivity index (χ2v) is 8.94. The zero-order valence-corrected chi connectivity index (χ0v) is 20.6. The molecule has 9 heteroatoms. The Labute approximate surface area is 212 Å². The monoisotopic (exact) mass is 500 g/mol. The highest BCUT2D eigenvalue weighted by Gasteiger charge is 2.34. The first kappa shape index (κ1) is 23.5. The third-order valence-electron chi connectivity index (χ3n) is 5.73. The van der Waals surface area contributed by atoms with Crippen LogP contribution in [-0.4, -0.2) is 41.0 Å². The molecule has 8 nitrogen and oxygen atoms in total. The number of thiazole rings is 1. The molecule has 0 spiro atoms. The second-order valence-electron chi connectivity index (χ2n) is 8.08. The van der Waals surface area contributed by atoms with E-state index in [1.165, 1.54) is 16.2 Å². The zero-order valence-electron chi connectivity index (χ0n) is 19.8. The smallest absolute Gasteiger partial charge is 0.265 e. The minimum Gasteiger partial charge on any atom is -0.492 e. The number of para-hydroxylation sites is 2. The summed E-state index contributed by atoms with van der Waals surface area (Å²) in [6.07, 6.45) is 1.73. The quantitative estimate of drug-likeness (QED) is 0.383. The van der Waals surface area contributed by atoms with Crippen LogP contribution in [-0.2, 0) is 9.59 Å². The molecule has 1 aliphatic heterocycles. The standard InChI is InChI=1S/C27H24N4O4S/c1-3-34-23-10-5-4-8-19(23)29-26(33)17(2)31-22-14-18(11-12-24(22)35-15-25(31)32)21-16-36-27(30-21)20-9-6-7-13-28-20/h4-14,16-17H,3,15H2,1-2H3,(H,29,33). The van der Waals surface area contributed by atoms with Crippen LogP contribution < -0.4 is 19.7 Å². The van der Waals surface area contributed by atoms with Crippen LogP contribution in [0.2, 0.25) is 0 Å². The highest BCUT2D eigenvalue weighted by molar-refractivity contribution is 7.13. The van der Waals surface area contributed by atoms with Crippen LogP contribution in [0.3, 0.4) is 0 Å². The molecule has 2 aromatic carbocycles. The topological polar surface area (TPSA) is 93.7 Å². The fourth-order valence-electron chi connectivity index (χ4n) is 3.97. The van der Waals surface area contributed by atoms with E-state index < -0.39 is 6.04 Å². The van der Waals surface area contributed by atoms with Gasteiger partial charge >= 0.3 is 0 Å². The van der Waals surface area contributed by atoms with Gasteiger partial charge in [-0.2, -0.15) is 0 Å². The molecule has 36 heavy (non-hydrogen) atoms. The van der Waals surface area contributed by atoms with Crippen LogP contribution >= 0.6 is 11.3 Å². The summed E-state index contributed by atoms with van der Waals surface area (Å²) < 4.78 is 11.3. The number of anilines is 2. The van der Waals surface area contributed by atoms with Gasteiger partial charge in [0.25, 0.3) is 5.91 Å². The van der Waals surface area contributed by atoms with Crippen molar-refractivity contribution in [1.82, 2.24) is 9.97 Å². The molecule has 0 aliphatic carbocycles. The van der Waals surface area contributed by atoms with E-state index in [1.54, 1.807) is 31.3 Å². The molecule has 0 fully saturated rings. The highest BCUT2D eigenvalue weighted by Crippen LogP contribution is 2.38. The van der Waals surface area contributed by atoms with Gasteiger partial charge in [-0.1, -0.05) is 18.2 Å². The molecule has 2 amide bonds. The van der Waals surface area contributed by atoms with E-state index in [2.05, 4.69) is 10.3 Å². The van der Waals surface area contributed by atoms with E-state index in [0.717, 1.165) is 22.0 Å². The Morgan fingerprint density at radius 3 is 2.81 bits per heavy atom. The van der Waals surface area contributed by atoms with Crippen LogP contribution in [0, 0.1) is 0 Å². The number of nitrogens with zero attached hydrogens (tertiary/aromatic N) is 3. The van der Waals surface area contributed by atoms with E-state index in [0.29, 0.717) is 29.5 Å². The lowest BCUT2D eigenvalue weighted by Crippen LogP contribution is -2.49. The average Bonchev–Trinajstić information content (AvgIpc) is 3.40. The number of hydrogen-bond donors (Lipinski definition) is 1. The number of ether oxygens (including phenoxy) is 2. The lowest BCUT2D eigenvalue weighted by atomic mass is 10.1. The Morgan fingerprint density at radius 1 is 1.17 bits per heavy atom.